The van der Waals surface area contributed by atoms with Gasteiger partial charge in [0.1, 0.15) is 12.2 Å². The third-order valence-electron chi connectivity index (χ3n) is 7.18. The molecule has 0 aromatic carbocycles. The molecule has 8 heteroatoms. The van der Waals surface area contributed by atoms with Crippen LogP contribution >= 0.6 is 22.0 Å². The molecule has 6 nitrogen and oxygen atoms in total. The molecule has 2 unspecified atom stereocenters. The fourth-order valence-corrected chi connectivity index (χ4v) is 9.71. The van der Waals surface area contributed by atoms with Gasteiger partial charge in [0.15, 0.2) is 0 Å². The van der Waals surface area contributed by atoms with Crippen molar-refractivity contribution in [3.63, 3.8) is 0 Å². The second-order valence-electron chi connectivity index (χ2n) is 12.5. The largest absolute Gasteiger partial charge is 0.459 e. The maximum Gasteiger partial charge on any atom is 0.333 e. The second kappa shape index (κ2) is 10.8. The summed E-state index contributed by atoms with van der Waals surface area (Å²) in [5, 5.41) is 0. The fourth-order valence-electron chi connectivity index (χ4n) is 5.61. The van der Waals surface area contributed by atoms with Gasteiger partial charge < -0.3 is 9.47 Å². The topological polar surface area (TPSA) is 59.1 Å². The predicted octanol–water partition coefficient (Wildman–Crippen LogP) is 6.87. The van der Waals surface area contributed by atoms with Gasteiger partial charge in [-0.2, -0.15) is 0 Å². The monoisotopic (exact) mass is 526 g/mol. The zero-order valence-corrected chi connectivity index (χ0v) is 25.1. The molecule has 0 radical (unpaired) electrons. The van der Waals surface area contributed by atoms with E-state index in [2.05, 4.69) is 77.2 Å². The van der Waals surface area contributed by atoms with Crippen LogP contribution in [0, 0.1) is 0 Å². The van der Waals surface area contributed by atoms with Crippen molar-refractivity contribution in [2.24, 2.45) is 0 Å². The lowest BCUT2D eigenvalue weighted by Crippen LogP contribution is -2.61. The highest BCUT2D eigenvalue weighted by Gasteiger charge is 2.52. The van der Waals surface area contributed by atoms with Gasteiger partial charge in [-0.25, -0.2) is 18.2 Å². The van der Waals surface area contributed by atoms with Crippen molar-refractivity contribution in [3.05, 3.63) is 24.3 Å². The molecule has 35 heavy (non-hydrogen) atoms. The minimum atomic E-state index is -0.312. The van der Waals surface area contributed by atoms with Gasteiger partial charge >= 0.3 is 11.9 Å². The van der Waals surface area contributed by atoms with E-state index in [1.54, 1.807) is 35.8 Å². The Morgan fingerprint density at radius 3 is 1.46 bits per heavy atom. The van der Waals surface area contributed by atoms with Crippen LogP contribution in [0.2, 0.25) is 0 Å². The highest BCUT2D eigenvalue weighted by molar-refractivity contribution is 8.74. The molecule has 0 N–H and O–H groups in total. The zero-order chi connectivity index (χ0) is 27.0. The van der Waals surface area contributed by atoms with E-state index in [4.69, 9.17) is 9.47 Å². The van der Waals surface area contributed by atoms with Crippen molar-refractivity contribution in [1.82, 2.24) is 8.61 Å². The maximum atomic E-state index is 12.2. The van der Waals surface area contributed by atoms with Crippen molar-refractivity contribution in [2.45, 2.75) is 136 Å². The molecule has 0 aromatic heterocycles. The first kappa shape index (κ1) is 30.3. The summed E-state index contributed by atoms with van der Waals surface area (Å²) in [5.41, 5.74) is 0.206. The number of carbonyl (C=O) groups is 2. The van der Waals surface area contributed by atoms with E-state index in [1.165, 1.54) is 0 Å². The summed E-state index contributed by atoms with van der Waals surface area (Å²) in [6.45, 7) is 28.7. The summed E-state index contributed by atoms with van der Waals surface area (Å²) < 4.78 is 16.6. The molecule has 0 aromatic rings. The van der Waals surface area contributed by atoms with Gasteiger partial charge in [0.05, 0.1) is 0 Å². The molecule has 2 saturated heterocycles. The Bertz CT molecular complexity index is 836. The highest BCUT2D eigenvalue weighted by Crippen LogP contribution is 2.54. The number of hydrogen-bond acceptors (Lipinski definition) is 8. The minimum absolute atomic E-state index is 0.132. The fraction of sp³-hybridized carbons (Fsp3) is 0.778. The van der Waals surface area contributed by atoms with Crippen LogP contribution in [-0.2, 0) is 19.1 Å². The van der Waals surface area contributed by atoms with Crippen molar-refractivity contribution in [2.75, 3.05) is 0 Å². The number of esters is 2. The average molecular weight is 527 g/mol. The summed E-state index contributed by atoms with van der Waals surface area (Å²) in [5.74, 6) is -0.619. The van der Waals surface area contributed by atoms with Crippen molar-refractivity contribution >= 4 is 33.9 Å². The zero-order valence-electron chi connectivity index (χ0n) is 23.4. The number of nitrogens with zero attached hydrogens (tertiary/aromatic N) is 2. The average Bonchev–Trinajstić information content (AvgIpc) is 2.67. The van der Waals surface area contributed by atoms with Crippen LogP contribution in [0.5, 0.6) is 0 Å². The smallest absolute Gasteiger partial charge is 0.333 e. The van der Waals surface area contributed by atoms with Crippen LogP contribution in [0.25, 0.3) is 0 Å². The molecular formula is C27H46N2O4S2. The van der Waals surface area contributed by atoms with Crippen LogP contribution < -0.4 is 0 Å². The molecule has 2 heterocycles. The van der Waals surface area contributed by atoms with Gasteiger partial charge in [-0.3, -0.25) is 0 Å². The molecule has 0 amide bonds. The molecule has 0 spiro atoms. The van der Waals surface area contributed by atoms with Gasteiger partial charge in [-0.1, -0.05) is 20.1 Å². The predicted molar refractivity (Wildman–Crippen MR) is 148 cm³/mol. The lowest BCUT2D eigenvalue weighted by atomic mass is 9.78. The first-order chi connectivity index (χ1) is 15.8. The molecule has 2 atom stereocenters. The Labute approximate surface area is 221 Å². The molecule has 2 fully saturated rings. The van der Waals surface area contributed by atoms with E-state index in [0.717, 1.165) is 32.1 Å². The molecule has 2 aliphatic heterocycles. The summed E-state index contributed by atoms with van der Waals surface area (Å²) in [6.07, 6.45) is 3.74. The number of carbonyl (C=O) groups excluding carboxylic acids is 2. The van der Waals surface area contributed by atoms with Gasteiger partial charge in [0.2, 0.25) is 0 Å². The van der Waals surface area contributed by atoms with Crippen molar-refractivity contribution < 1.29 is 19.1 Å². The van der Waals surface area contributed by atoms with E-state index >= 15 is 0 Å². The SMILES string of the molecule is C=C(C)C(=O)OC1CC(C)(C)N(SSN2C(C)(C)CC(OC(=O)C(=C)C)CC2(C)CC)C(C)(C)C1. The minimum Gasteiger partial charge on any atom is -0.459 e. The van der Waals surface area contributed by atoms with Crippen LogP contribution in [0.15, 0.2) is 24.3 Å². The summed E-state index contributed by atoms with van der Waals surface area (Å²) >= 11 is 0. The Kier molecular flexibility index (Phi) is 9.34. The Hall–Kier alpha value is -0.960. The van der Waals surface area contributed by atoms with Crippen LogP contribution in [-0.4, -0.2) is 54.9 Å². The van der Waals surface area contributed by atoms with E-state index in [9.17, 15) is 9.59 Å². The normalized spacial score (nSPS) is 28.8. The molecular weight excluding hydrogens is 480 g/mol. The van der Waals surface area contributed by atoms with Gasteiger partial charge in [0.25, 0.3) is 0 Å². The van der Waals surface area contributed by atoms with Crippen molar-refractivity contribution in [3.8, 4) is 0 Å². The highest BCUT2D eigenvalue weighted by atomic mass is 33.1. The quantitative estimate of drug-likeness (QED) is 0.147. The lowest BCUT2D eigenvalue weighted by molar-refractivity contribution is -0.152. The molecule has 200 valence electrons. The number of ether oxygens (including phenoxy) is 2. The maximum absolute atomic E-state index is 12.2. The number of piperidine rings is 2. The van der Waals surface area contributed by atoms with E-state index in [-0.39, 0.29) is 46.3 Å². The van der Waals surface area contributed by atoms with Gasteiger partial charge in [-0.15, -0.1) is 0 Å². The number of hydrogen-bond donors (Lipinski definition) is 0. The third-order valence-corrected chi connectivity index (χ3v) is 10.6. The van der Waals surface area contributed by atoms with E-state index in [0.29, 0.717) is 11.1 Å². The van der Waals surface area contributed by atoms with Gasteiger partial charge in [-0.05, 0) is 68.7 Å². The number of rotatable bonds is 8. The molecule has 0 aliphatic carbocycles. The lowest BCUT2D eigenvalue weighted by Gasteiger charge is -2.57. The Balaban J connectivity index is 2.18. The standard InChI is InChI=1S/C27H46N2O4S2/c1-13-27(12)17-21(33-23(31)19(4)5)16-26(10,11)29(27)35-34-28-24(6,7)14-20(15-25(28,8)9)32-22(30)18(2)3/h20-21H,2,4,13-17H2,1,3,5-12H3. The second-order valence-corrected chi connectivity index (χ2v) is 14.4. The van der Waals surface area contributed by atoms with E-state index in [1.807, 2.05) is 0 Å². The molecule has 2 rings (SSSR count). The van der Waals surface area contributed by atoms with Crippen LogP contribution in [0.1, 0.15) is 101 Å². The Morgan fingerprint density at radius 2 is 1.09 bits per heavy atom. The molecule has 2 aliphatic rings. The van der Waals surface area contributed by atoms with Crippen molar-refractivity contribution in [1.29, 1.82) is 0 Å². The third kappa shape index (κ3) is 7.08. The van der Waals surface area contributed by atoms with E-state index < -0.39 is 0 Å². The summed E-state index contributed by atoms with van der Waals surface area (Å²) in [4.78, 5) is 24.4. The van der Waals surface area contributed by atoms with Crippen LogP contribution in [0.4, 0.5) is 0 Å². The van der Waals surface area contributed by atoms with Crippen LogP contribution in [0.3, 0.4) is 0 Å². The Morgan fingerprint density at radius 1 is 0.743 bits per heavy atom. The molecule has 0 bridgehead atoms. The van der Waals surface area contributed by atoms with Gasteiger partial charge in [0, 0.05) is 80.9 Å². The summed E-state index contributed by atoms with van der Waals surface area (Å²) in [6, 6.07) is 0. The molecule has 0 saturated carbocycles. The summed E-state index contributed by atoms with van der Waals surface area (Å²) in [7, 11) is 3.57. The first-order valence-corrected chi connectivity index (χ1v) is 14.6. The first-order valence-electron chi connectivity index (χ1n) is 12.5.